The van der Waals surface area contributed by atoms with Crippen molar-refractivity contribution in [3.63, 3.8) is 0 Å². The van der Waals surface area contributed by atoms with Gasteiger partial charge in [0.25, 0.3) is 11.2 Å². The van der Waals surface area contributed by atoms with E-state index in [-0.39, 0.29) is 22.8 Å². The molecule has 0 aliphatic rings. The number of aromatic hydroxyl groups is 1. The third-order valence-electron chi connectivity index (χ3n) is 4.81. The van der Waals surface area contributed by atoms with Crippen LogP contribution >= 0.6 is 0 Å². The first-order chi connectivity index (χ1) is 14.5. The molecule has 0 saturated heterocycles. The van der Waals surface area contributed by atoms with Crippen LogP contribution in [0.4, 0.5) is 11.4 Å². The van der Waals surface area contributed by atoms with Gasteiger partial charge in [-0.3, -0.25) is 14.9 Å². The van der Waals surface area contributed by atoms with E-state index in [1.54, 1.807) is 48.5 Å². The Hall–Kier alpha value is -4.26. The van der Waals surface area contributed by atoms with Crippen molar-refractivity contribution in [3.8, 4) is 11.6 Å². The summed E-state index contributed by atoms with van der Waals surface area (Å²) in [6.07, 6.45) is 1.35. The van der Waals surface area contributed by atoms with Crippen LogP contribution < -0.4 is 5.56 Å². The minimum absolute atomic E-state index is 0.149. The SMILES string of the molecule is Cc1ccc(-n2c(O)c(C=Nc3ccccc3[N+](=O)[O-])c3ccccc3c2=O)cc1. The second-order valence-corrected chi connectivity index (χ2v) is 6.76. The maximum Gasteiger partial charge on any atom is 0.294 e. The molecule has 1 aromatic heterocycles. The molecule has 0 unspecified atom stereocenters. The zero-order valence-electron chi connectivity index (χ0n) is 16.0. The minimum Gasteiger partial charge on any atom is -0.494 e. The standard InChI is InChI=1S/C23H17N3O4/c1-15-10-12-16(13-11-15)25-22(27)18-7-3-2-6-17(18)19(23(25)28)14-24-20-8-4-5-9-21(20)26(29)30/h2-14,28H,1H3. The van der Waals surface area contributed by atoms with Crippen molar-refractivity contribution in [1.82, 2.24) is 4.57 Å². The Morgan fingerprint density at radius 3 is 2.30 bits per heavy atom. The molecule has 4 aromatic rings. The number of nitrogens with zero attached hydrogens (tertiary/aromatic N) is 3. The lowest BCUT2D eigenvalue weighted by Gasteiger charge is -2.14. The molecule has 4 rings (SSSR count). The highest BCUT2D eigenvalue weighted by molar-refractivity contribution is 6.02. The summed E-state index contributed by atoms with van der Waals surface area (Å²) in [7, 11) is 0. The number of nitro groups is 1. The van der Waals surface area contributed by atoms with Crippen LogP contribution in [0.3, 0.4) is 0 Å². The van der Waals surface area contributed by atoms with Crippen molar-refractivity contribution in [1.29, 1.82) is 0 Å². The second kappa shape index (κ2) is 7.63. The highest BCUT2D eigenvalue weighted by Gasteiger charge is 2.17. The van der Waals surface area contributed by atoms with Gasteiger partial charge >= 0.3 is 0 Å². The monoisotopic (exact) mass is 399 g/mol. The van der Waals surface area contributed by atoms with E-state index in [1.807, 2.05) is 19.1 Å². The van der Waals surface area contributed by atoms with E-state index in [1.165, 1.54) is 22.9 Å². The molecule has 30 heavy (non-hydrogen) atoms. The molecular weight excluding hydrogens is 382 g/mol. The molecule has 7 heteroatoms. The van der Waals surface area contributed by atoms with E-state index in [4.69, 9.17) is 0 Å². The number of rotatable bonds is 4. The van der Waals surface area contributed by atoms with Crippen LogP contribution in [0.25, 0.3) is 16.5 Å². The number of benzene rings is 3. The van der Waals surface area contributed by atoms with Gasteiger partial charge in [0.2, 0.25) is 5.88 Å². The minimum atomic E-state index is -0.516. The molecule has 148 valence electrons. The Morgan fingerprint density at radius 1 is 0.967 bits per heavy atom. The fourth-order valence-corrected chi connectivity index (χ4v) is 3.28. The molecule has 0 fully saturated rings. The van der Waals surface area contributed by atoms with E-state index in [0.717, 1.165) is 5.56 Å². The lowest BCUT2D eigenvalue weighted by Crippen LogP contribution is -2.20. The van der Waals surface area contributed by atoms with Gasteiger partial charge in [-0.05, 0) is 31.2 Å². The quantitative estimate of drug-likeness (QED) is 0.306. The maximum atomic E-state index is 13.1. The molecule has 0 bridgehead atoms. The molecule has 0 saturated carbocycles. The van der Waals surface area contributed by atoms with Crippen molar-refractivity contribution in [2.75, 3.05) is 0 Å². The Bertz CT molecular complexity index is 1360. The zero-order valence-corrected chi connectivity index (χ0v) is 16.0. The first-order valence-corrected chi connectivity index (χ1v) is 9.18. The van der Waals surface area contributed by atoms with Crippen LogP contribution in [0.2, 0.25) is 0 Å². The lowest BCUT2D eigenvalue weighted by molar-refractivity contribution is -0.384. The van der Waals surface area contributed by atoms with E-state index in [9.17, 15) is 20.0 Å². The Labute approximate surface area is 171 Å². The van der Waals surface area contributed by atoms with Crippen LogP contribution in [-0.2, 0) is 0 Å². The van der Waals surface area contributed by atoms with E-state index < -0.39 is 4.92 Å². The smallest absolute Gasteiger partial charge is 0.294 e. The predicted molar refractivity (Wildman–Crippen MR) is 116 cm³/mol. The Morgan fingerprint density at radius 2 is 1.60 bits per heavy atom. The zero-order chi connectivity index (χ0) is 21.3. The van der Waals surface area contributed by atoms with E-state index in [0.29, 0.717) is 22.0 Å². The second-order valence-electron chi connectivity index (χ2n) is 6.76. The molecule has 1 heterocycles. The normalized spacial score (nSPS) is 11.2. The molecule has 0 atom stereocenters. The van der Waals surface area contributed by atoms with Crippen molar-refractivity contribution in [2.24, 2.45) is 4.99 Å². The van der Waals surface area contributed by atoms with Crippen LogP contribution in [-0.4, -0.2) is 20.8 Å². The lowest BCUT2D eigenvalue weighted by atomic mass is 10.1. The van der Waals surface area contributed by atoms with Crippen LogP contribution in [0.1, 0.15) is 11.1 Å². The molecule has 0 aliphatic carbocycles. The van der Waals surface area contributed by atoms with Gasteiger partial charge in [0.1, 0.15) is 5.69 Å². The van der Waals surface area contributed by atoms with Gasteiger partial charge in [0, 0.05) is 23.1 Å². The largest absolute Gasteiger partial charge is 0.494 e. The number of nitro benzene ring substituents is 1. The van der Waals surface area contributed by atoms with Crippen molar-refractivity contribution in [3.05, 3.63) is 104 Å². The number of aromatic nitrogens is 1. The number of para-hydroxylation sites is 2. The fourth-order valence-electron chi connectivity index (χ4n) is 3.28. The van der Waals surface area contributed by atoms with Crippen LogP contribution in [0, 0.1) is 17.0 Å². The summed E-state index contributed by atoms with van der Waals surface area (Å²) in [5.74, 6) is -0.287. The molecule has 3 aromatic carbocycles. The van der Waals surface area contributed by atoms with Crippen molar-refractivity contribution >= 4 is 28.4 Å². The molecular formula is C23H17N3O4. The van der Waals surface area contributed by atoms with Crippen LogP contribution in [0.15, 0.2) is 82.6 Å². The molecule has 0 radical (unpaired) electrons. The first-order valence-electron chi connectivity index (χ1n) is 9.18. The van der Waals surface area contributed by atoms with E-state index in [2.05, 4.69) is 4.99 Å². The third-order valence-corrected chi connectivity index (χ3v) is 4.81. The van der Waals surface area contributed by atoms with Gasteiger partial charge < -0.3 is 5.11 Å². The number of aryl methyl sites for hydroxylation is 1. The average molecular weight is 399 g/mol. The summed E-state index contributed by atoms with van der Waals surface area (Å²) >= 11 is 0. The number of hydrogen-bond donors (Lipinski definition) is 1. The molecule has 0 spiro atoms. The first kappa shape index (κ1) is 19.1. The van der Waals surface area contributed by atoms with Crippen molar-refractivity contribution < 1.29 is 10.0 Å². The van der Waals surface area contributed by atoms with Gasteiger partial charge in [-0.2, -0.15) is 0 Å². The van der Waals surface area contributed by atoms with Gasteiger partial charge in [-0.15, -0.1) is 0 Å². The highest BCUT2D eigenvalue weighted by Crippen LogP contribution is 2.29. The molecule has 1 N–H and O–H groups in total. The van der Waals surface area contributed by atoms with Gasteiger partial charge in [-0.1, -0.05) is 48.0 Å². The Balaban J connectivity index is 1.97. The number of aliphatic imine (C=N–C) groups is 1. The number of fused-ring (bicyclic) bond motifs is 1. The summed E-state index contributed by atoms with van der Waals surface area (Å²) in [5.41, 5.74) is 1.46. The fraction of sp³-hybridized carbons (Fsp3) is 0.0435. The summed E-state index contributed by atoms with van der Waals surface area (Å²) < 4.78 is 1.21. The average Bonchev–Trinajstić information content (AvgIpc) is 2.75. The van der Waals surface area contributed by atoms with Gasteiger partial charge in [0.15, 0.2) is 0 Å². The Kier molecular flexibility index (Phi) is 4.85. The third kappa shape index (κ3) is 3.33. The summed E-state index contributed by atoms with van der Waals surface area (Å²) in [6.45, 7) is 1.93. The predicted octanol–water partition coefficient (Wildman–Crippen LogP) is 4.66. The summed E-state index contributed by atoms with van der Waals surface area (Å²) in [4.78, 5) is 28.1. The number of hydrogen-bond acceptors (Lipinski definition) is 5. The van der Waals surface area contributed by atoms with E-state index >= 15 is 0 Å². The molecule has 0 aliphatic heterocycles. The summed E-state index contributed by atoms with van der Waals surface area (Å²) in [6, 6.07) is 20.1. The van der Waals surface area contributed by atoms with Crippen LogP contribution in [0.5, 0.6) is 5.88 Å². The topological polar surface area (TPSA) is 97.7 Å². The molecule has 7 nitrogen and oxygen atoms in total. The van der Waals surface area contributed by atoms with Gasteiger partial charge in [0.05, 0.1) is 16.2 Å². The van der Waals surface area contributed by atoms with Gasteiger partial charge in [-0.25, -0.2) is 9.56 Å². The highest BCUT2D eigenvalue weighted by atomic mass is 16.6. The summed E-state index contributed by atoms with van der Waals surface area (Å²) in [5, 5.41) is 23.2. The van der Waals surface area contributed by atoms with Crippen molar-refractivity contribution in [2.45, 2.75) is 6.92 Å². The molecule has 0 amide bonds. The maximum absolute atomic E-state index is 13.1. The number of pyridine rings is 1.